The van der Waals surface area contributed by atoms with Crippen LogP contribution in [0.3, 0.4) is 0 Å². The van der Waals surface area contributed by atoms with Gasteiger partial charge in [-0.2, -0.15) is 0 Å². The number of aromatic nitrogens is 3. The number of thioether (sulfide) groups is 1. The first-order chi connectivity index (χ1) is 12.2. The molecule has 0 atom stereocenters. The fourth-order valence-corrected chi connectivity index (χ4v) is 3.10. The van der Waals surface area contributed by atoms with E-state index < -0.39 is 5.97 Å². The van der Waals surface area contributed by atoms with Crippen LogP contribution in [0.15, 0.2) is 47.3 Å². The summed E-state index contributed by atoms with van der Waals surface area (Å²) in [5.41, 5.74) is 4.03. The number of thiazole rings is 1. The Hall–Kier alpha value is -2.45. The molecule has 3 rings (SSSR count). The van der Waals surface area contributed by atoms with E-state index in [4.69, 9.17) is 4.74 Å². The summed E-state index contributed by atoms with van der Waals surface area (Å²) in [7, 11) is 0. The third-order valence-corrected chi connectivity index (χ3v) is 4.69. The molecule has 0 spiro atoms. The Bertz CT molecular complexity index is 852. The van der Waals surface area contributed by atoms with E-state index in [1.54, 1.807) is 23.8 Å². The Morgan fingerprint density at radius 2 is 2.08 bits per heavy atom. The second kappa shape index (κ2) is 8.09. The lowest BCUT2D eigenvalue weighted by molar-refractivity contribution is 0.0526. The highest BCUT2D eigenvalue weighted by Gasteiger charge is 2.16. The summed E-state index contributed by atoms with van der Waals surface area (Å²) in [5, 5.41) is 3.76. The van der Waals surface area contributed by atoms with Gasteiger partial charge in [0.15, 0.2) is 5.16 Å². The number of ether oxygens (including phenoxy) is 1. The quantitative estimate of drug-likeness (QED) is 0.394. The van der Waals surface area contributed by atoms with Crippen LogP contribution < -0.4 is 5.32 Å². The van der Waals surface area contributed by atoms with Crippen molar-refractivity contribution >= 4 is 40.6 Å². The molecule has 0 saturated heterocycles. The number of hydrogen-bond acceptors (Lipinski definition) is 8. The molecular formula is C17H16N4O2S2. The zero-order chi connectivity index (χ0) is 17.6. The summed E-state index contributed by atoms with van der Waals surface area (Å²) < 4.78 is 5.08. The maximum atomic E-state index is 12.1. The number of nitrogens with zero attached hydrogens (tertiary/aromatic N) is 3. The number of benzene rings is 1. The molecule has 0 aliphatic heterocycles. The van der Waals surface area contributed by atoms with Gasteiger partial charge >= 0.3 is 5.97 Å². The van der Waals surface area contributed by atoms with Crippen LogP contribution in [0.2, 0.25) is 0 Å². The lowest BCUT2D eigenvalue weighted by atomic mass is 10.2. The summed E-state index contributed by atoms with van der Waals surface area (Å²) in [4.78, 5) is 25.9. The Balaban J connectivity index is 1.87. The van der Waals surface area contributed by atoms with E-state index in [0.29, 0.717) is 23.1 Å². The van der Waals surface area contributed by atoms with Gasteiger partial charge in [-0.3, -0.25) is 4.98 Å². The average molecular weight is 372 g/mol. The van der Waals surface area contributed by atoms with Gasteiger partial charge in [-0.1, -0.05) is 23.9 Å². The second-order valence-corrected chi connectivity index (χ2v) is 6.57. The van der Waals surface area contributed by atoms with Crippen LogP contribution in [-0.2, 0) is 4.74 Å². The fourth-order valence-electron chi connectivity index (χ4n) is 2.13. The van der Waals surface area contributed by atoms with Crippen LogP contribution in [0.4, 0.5) is 11.5 Å². The summed E-state index contributed by atoms with van der Waals surface area (Å²) in [6.45, 7) is 2.06. The molecule has 1 N–H and O–H groups in total. The van der Waals surface area contributed by atoms with Gasteiger partial charge in [0.05, 0.1) is 17.0 Å². The van der Waals surface area contributed by atoms with Gasteiger partial charge < -0.3 is 10.1 Å². The van der Waals surface area contributed by atoms with Crippen LogP contribution in [0, 0.1) is 0 Å². The molecule has 1 aromatic carbocycles. The molecule has 0 bridgehead atoms. The van der Waals surface area contributed by atoms with Gasteiger partial charge in [-0.15, -0.1) is 11.3 Å². The van der Waals surface area contributed by atoms with Gasteiger partial charge in [0.1, 0.15) is 11.4 Å². The monoisotopic (exact) mass is 372 g/mol. The van der Waals surface area contributed by atoms with Gasteiger partial charge in [0.25, 0.3) is 0 Å². The fraction of sp³-hybridized carbons (Fsp3) is 0.176. The van der Waals surface area contributed by atoms with Crippen molar-refractivity contribution in [2.24, 2.45) is 0 Å². The minimum absolute atomic E-state index is 0.298. The number of carbonyl (C=O) groups is 1. The molecular weight excluding hydrogens is 356 g/mol. The van der Waals surface area contributed by atoms with Gasteiger partial charge in [-0.05, 0) is 30.9 Å². The first kappa shape index (κ1) is 17.4. The molecule has 0 fully saturated rings. The van der Waals surface area contributed by atoms with Gasteiger partial charge in [0.2, 0.25) is 0 Å². The van der Waals surface area contributed by atoms with E-state index in [-0.39, 0.29) is 0 Å². The van der Waals surface area contributed by atoms with Gasteiger partial charge in [0, 0.05) is 18.1 Å². The van der Waals surface area contributed by atoms with Crippen LogP contribution >= 0.6 is 23.1 Å². The maximum Gasteiger partial charge on any atom is 0.343 e. The number of anilines is 2. The Labute approximate surface area is 153 Å². The summed E-state index contributed by atoms with van der Waals surface area (Å²) in [6, 6.07) is 7.86. The van der Waals surface area contributed by atoms with E-state index in [1.807, 2.05) is 36.7 Å². The highest BCUT2D eigenvalue weighted by molar-refractivity contribution is 7.98. The minimum Gasteiger partial charge on any atom is -0.462 e. The van der Waals surface area contributed by atoms with Crippen molar-refractivity contribution in [2.45, 2.75) is 12.1 Å². The van der Waals surface area contributed by atoms with E-state index in [2.05, 4.69) is 20.3 Å². The van der Waals surface area contributed by atoms with Crippen molar-refractivity contribution in [3.05, 3.63) is 47.7 Å². The summed E-state index contributed by atoms with van der Waals surface area (Å²) in [5.74, 6) is -0.0118. The Kier molecular flexibility index (Phi) is 5.62. The van der Waals surface area contributed by atoms with E-state index in [1.165, 1.54) is 18.0 Å². The van der Waals surface area contributed by atoms with Crippen LogP contribution in [0.1, 0.15) is 17.3 Å². The zero-order valence-corrected chi connectivity index (χ0v) is 15.4. The van der Waals surface area contributed by atoms with E-state index in [0.717, 1.165) is 16.1 Å². The zero-order valence-electron chi connectivity index (χ0n) is 13.7. The molecule has 3 aromatic rings. The number of esters is 1. The molecule has 0 radical (unpaired) electrons. The highest BCUT2D eigenvalue weighted by Crippen LogP contribution is 2.27. The predicted molar refractivity (Wildman–Crippen MR) is 101 cm³/mol. The maximum absolute atomic E-state index is 12.1. The van der Waals surface area contributed by atoms with Crippen molar-refractivity contribution in [3.8, 4) is 10.4 Å². The molecule has 8 heteroatoms. The van der Waals surface area contributed by atoms with E-state index >= 15 is 0 Å². The SMILES string of the molecule is CCOC(=O)c1cnc(SC)nc1Nc1ccc(-c2cncs2)cc1. The Morgan fingerprint density at radius 1 is 1.28 bits per heavy atom. The summed E-state index contributed by atoms with van der Waals surface area (Å²) >= 11 is 2.99. The van der Waals surface area contributed by atoms with Crippen molar-refractivity contribution < 1.29 is 9.53 Å². The molecule has 2 heterocycles. The molecule has 6 nitrogen and oxygen atoms in total. The predicted octanol–water partition coefficient (Wildman–Crippen LogP) is 4.24. The first-order valence-electron chi connectivity index (χ1n) is 7.55. The first-order valence-corrected chi connectivity index (χ1v) is 9.65. The molecule has 25 heavy (non-hydrogen) atoms. The standard InChI is InChI=1S/C17H16N4O2S2/c1-3-23-16(22)13-8-19-17(24-2)21-15(13)20-12-6-4-11(5-7-12)14-9-18-10-25-14/h4-10H,3H2,1-2H3,(H,19,20,21). The smallest absolute Gasteiger partial charge is 0.343 e. The van der Waals surface area contributed by atoms with Crippen molar-refractivity contribution in [3.63, 3.8) is 0 Å². The molecule has 0 amide bonds. The number of nitrogens with one attached hydrogen (secondary N) is 1. The molecule has 0 aliphatic rings. The molecule has 2 aromatic heterocycles. The number of hydrogen-bond donors (Lipinski definition) is 1. The van der Waals surface area contributed by atoms with Crippen molar-refractivity contribution in [2.75, 3.05) is 18.2 Å². The number of carbonyl (C=O) groups excluding carboxylic acids is 1. The molecule has 128 valence electrons. The van der Waals surface area contributed by atoms with E-state index in [9.17, 15) is 4.79 Å². The third-order valence-electron chi connectivity index (χ3n) is 3.31. The van der Waals surface area contributed by atoms with Crippen molar-refractivity contribution in [1.29, 1.82) is 0 Å². The average Bonchev–Trinajstić information content (AvgIpc) is 3.17. The van der Waals surface area contributed by atoms with Crippen LogP contribution in [0.25, 0.3) is 10.4 Å². The molecule has 0 saturated carbocycles. The Morgan fingerprint density at radius 3 is 2.72 bits per heavy atom. The van der Waals surface area contributed by atoms with Crippen LogP contribution in [-0.4, -0.2) is 33.8 Å². The van der Waals surface area contributed by atoms with Crippen LogP contribution in [0.5, 0.6) is 0 Å². The summed E-state index contributed by atoms with van der Waals surface area (Å²) in [6.07, 6.45) is 5.21. The van der Waals surface area contributed by atoms with Gasteiger partial charge in [-0.25, -0.2) is 14.8 Å². The second-order valence-electron chi connectivity index (χ2n) is 4.91. The molecule has 0 unspecified atom stereocenters. The molecule has 0 aliphatic carbocycles. The van der Waals surface area contributed by atoms with Crippen molar-refractivity contribution in [1.82, 2.24) is 15.0 Å². The number of rotatable bonds is 6. The lowest BCUT2D eigenvalue weighted by Gasteiger charge is -2.11. The largest absolute Gasteiger partial charge is 0.462 e. The topological polar surface area (TPSA) is 77.0 Å². The highest BCUT2D eigenvalue weighted by atomic mass is 32.2. The lowest BCUT2D eigenvalue weighted by Crippen LogP contribution is -2.10. The third kappa shape index (κ3) is 4.15. The minimum atomic E-state index is -0.445. The normalized spacial score (nSPS) is 10.5.